The van der Waals surface area contributed by atoms with E-state index in [-0.39, 0.29) is 11.8 Å². The second kappa shape index (κ2) is 6.08. The number of nitrogen functional groups attached to an aromatic ring is 1. The standard InChI is InChI=1S/C13H17N3O3/c14-9-1-3-10(4-2-9)19-8-7-15-13(18)11-5-6-12(17)16-11/h1-4,11H,5-8,14H2,(H,15,18)(H,16,17). The SMILES string of the molecule is Nc1ccc(OCCNC(=O)C2CCC(=O)N2)cc1. The van der Waals surface area contributed by atoms with E-state index in [1.165, 1.54) is 0 Å². The molecule has 4 N–H and O–H groups in total. The van der Waals surface area contributed by atoms with E-state index in [0.717, 1.165) is 0 Å². The summed E-state index contributed by atoms with van der Waals surface area (Å²) in [5.74, 6) is 0.475. The van der Waals surface area contributed by atoms with E-state index in [1.54, 1.807) is 24.3 Å². The molecule has 102 valence electrons. The van der Waals surface area contributed by atoms with Crippen LogP contribution in [0.3, 0.4) is 0 Å². The molecule has 0 bridgehead atoms. The lowest BCUT2D eigenvalue weighted by molar-refractivity contribution is -0.125. The molecular formula is C13H17N3O3. The van der Waals surface area contributed by atoms with Crippen LogP contribution in [-0.2, 0) is 9.59 Å². The first-order valence-electron chi connectivity index (χ1n) is 6.20. The summed E-state index contributed by atoms with van der Waals surface area (Å²) in [5.41, 5.74) is 6.23. The number of carbonyl (C=O) groups excluding carboxylic acids is 2. The smallest absolute Gasteiger partial charge is 0.242 e. The van der Waals surface area contributed by atoms with Gasteiger partial charge in [0, 0.05) is 12.1 Å². The van der Waals surface area contributed by atoms with Crippen LogP contribution in [0.4, 0.5) is 5.69 Å². The number of amides is 2. The molecule has 0 radical (unpaired) electrons. The second-order valence-corrected chi connectivity index (χ2v) is 4.37. The van der Waals surface area contributed by atoms with Gasteiger partial charge in [0.15, 0.2) is 0 Å². The van der Waals surface area contributed by atoms with Crippen molar-refractivity contribution in [3.8, 4) is 5.75 Å². The van der Waals surface area contributed by atoms with E-state index in [1.807, 2.05) is 0 Å². The molecule has 0 aromatic heterocycles. The van der Waals surface area contributed by atoms with Gasteiger partial charge in [0.05, 0.1) is 6.54 Å². The lowest BCUT2D eigenvalue weighted by atomic mass is 10.2. The largest absolute Gasteiger partial charge is 0.492 e. The van der Waals surface area contributed by atoms with Gasteiger partial charge in [0.25, 0.3) is 0 Å². The summed E-state index contributed by atoms with van der Waals surface area (Å²) in [6, 6.07) is 6.65. The molecule has 6 nitrogen and oxygen atoms in total. The number of benzene rings is 1. The average molecular weight is 263 g/mol. The molecule has 1 fully saturated rings. The maximum absolute atomic E-state index is 11.6. The number of hydrogen-bond acceptors (Lipinski definition) is 4. The Labute approximate surface area is 111 Å². The van der Waals surface area contributed by atoms with Gasteiger partial charge >= 0.3 is 0 Å². The summed E-state index contributed by atoms with van der Waals surface area (Å²) in [5, 5.41) is 5.34. The number of hydrogen-bond donors (Lipinski definition) is 3. The molecule has 1 unspecified atom stereocenters. The number of nitrogens with two attached hydrogens (primary N) is 1. The minimum Gasteiger partial charge on any atom is -0.492 e. The third-order valence-electron chi connectivity index (χ3n) is 2.86. The minimum atomic E-state index is -0.399. The van der Waals surface area contributed by atoms with Crippen molar-refractivity contribution in [2.24, 2.45) is 0 Å². The fraction of sp³-hybridized carbons (Fsp3) is 0.385. The molecule has 0 saturated carbocycles. The van der Waals surface area contributed by atoms with E-state index in [0.29, 0.717) is 37.4 Å². The lowest BCUT2D eigenvalue weighted by Gasteiger charge is -2.11. The highest BCUT2D eigenvalue weighted by molar-refractivity contribution is 5.90. The molecule has 2 amide bonds. The van der Waals surface area contributed by atoms with Crippen LogP contribution in [0.5, 0.6) is 5.75 Å². The Kier molecular flexibility index (Phi) is 4.22. The Hall–Kier alpha value is -2.24. The summed E-state index contributed by atoms with van der Waals surface area (Å²) in [6.45, 7) is 0.770. The van der Waals surface area contributed by atoms with Crippen LogP contribution < -0.4 is 21.1 Å². The molecule has 6 heteroatoms. The predicted octanol–water partition coefficient (Wildman–Crippen LogP) is 0.0424. The molecule has 1 atom stereocenters. The molecule has 19 heavy (non-hydrogen) atoms. The number of nitrogens with one attached hydrogen (secondary N) is 2. The van der Waals surface area contributed by atoms with E-state index in [2.05, 4.69) is 10.6 Å². The molecule has 1 heterocycles. The Morgan fingerprint density at radius 1 is 1.42 bits per heavy atom. The zero-order valence-corrected chi connectivity index (χ0v) is 10.5. The number of carbonyl (C=O) groups is 2. The molecule has 0 aliphatic carbocycles. The highest BCUT2D eigenvalue weighted by atomic mass is 16.5. The second-order valence-electron chi connectivity index (χ2n) is 4.37. The zero-order valence-electron chi connectivity index (χ0n) is 10.5. The Balaban J connectivity index is 1.65. The topological polar surface area (TPSA) is 93.4 Å². The quantitative estimate of drug-likeness (QED) is 0.516. The normalized spacial score (nSPS) is 17.9. The van der Waals surface area contributed by atoms with E-state index < -0.39 is 6.04 Å². The summed E-state index contributed by atoms with van der Waals surface area (Å²) < 4.78 is 5.44. The molecule has 1 saturated heterocycles. The van der Waals surface area contributed by atoms with E-state index >= 15 is 0 Å². The number of ether oxygens (including phenoxy) is 1. The van der Waals surface area contributed by atoms with Crippen molar-refractivity contribution in [1.82, 2.24) is 10.6 Å². The van der Waals surface area contributed by atoms with E-state index in [9.17, 15) is 9.59 Å². The minimum absolute atomic E-state index is 0.0710. The van der Waals surface area contributed by atoms with Gasteiger partial charge in [0.1, 0.15) is 18.4 Å². The Bertz CT molecular complexity index is 459. The number of anilines is 1. The van der Waals surface area contributed by atoms with Gasteiger partial charge in [0.2, 0.25) is 11.8 Å². The first-order valence-corrected chi connectivity index (χ1v) is 6.20. The van der Waals surface area contributed by atoms with Crippen LogP contribution in [-0.4, -0.2) is 31.0 Å². The third-order valence-corrected chi connectivity index (χ3v) is 2.86. The zero-order chi connectivity index (χ0) is 13.7. The lowest BCUT2D eigenvalue weighted by Crippen LogP contribution is -2.42. The van der Waals surface area contributed by atoms with Crippen molar-refractivity contribution in [1.29, 1.82) is 0 Å². The Morgan fingerprint density at radius 2 is 2.16 bits per heavy atom. The third kappa shape index (κ3) is 3.87. The maximum Gasteiger partial charge on any atom is 0.242 e. The van der Waals surface area contributed by atoms with E-state index in [4.69, 9.17) is 10.5 Å². The van der Waals surface area contributed by atoms with Crippen molar-refractivity contribution in [3.05, 3.63) is 24.3 Å². The molecular weight excluding hydrogens is 246 g/mol. The highest BCUT2D eigenvalue weighted by Crippen LogP contribution is 2.12. The van der Waals surface area contributed by atoms with Crippen molar-refractivity contribution >= 4 is 17.5 Å². The van der Waals surface area contributed by atoms with Crippen molar-refractivity contribution in [3.63, 3.8) is 0 Å². The van der Waals surface area contributed by atoms with Crippen molar-refractivity contribution in [2.45, 2.75) is 18.9 Å². The first-order chi connectivity index (χ1) is 9.15. The summed E-state index contributed by atoms with van der Waals surface area (Å²) in [6.07, 6.45) is 0.976. The van der Waals surface area contributed by atoms with Crippen LogP contribution in [0.1, 0.15) is 12.8 Å². The predicted molar refractivity (Wildman–Crippen MR) is 70.5 cm³/mol. The Morgan fingerprint density at radius 3 is 2.79 bits per heavy atom. The first kappa shape index (κ1) is 13.2. The van der Waals surface area contributed by atoms with Gasteiger partial charge in [-0.15, -0.1) is 0 Å². The van der Waals surface area contributed by atoms with Gasteiger partial charge in [-0.3, -0.25) is 9.59 Å². The number of rotatable bonds is 5. The van der Waals surface area contributed by atoms with Crippen LogP contribution in [0.25, 0.3) is 0 Å². The van der Waals surface area contributed by atoms with Gasteiger partial charge in [-0.05, 0) is 30.7 Å². The van der Waals surface area contributed by atoms with Crippen LogP contribution in [0, 0.1) is 0 Å². The van der Waals surface area contributed by atoms with Gasteiger partial charge in [-0.2, -0.15) is 0 Å². The molecule has 1 aliphatic rings. The van der Waals surface area contributed by atoms with Gasteiger partial charge < -0.3 is 21.1 Å². The van der Waals surface area contributed by atoms with Crippen LogP contribution in [0.15, 0.2) is 24.3 Å². The maximum atomic E-state index is 11.6. The summed E-state index contributed by atoms with van der Waals surface area (Å²) >= 11 is 0. The van der Waals surface area contributed by atoms with Crippen LogP contribution >= 0.6 is 0 Å². The fourth-order valence-electron chi connectivity index (χ4n) is 1.84. The van der Waals surface area contributed by atoms with Crippen LogP contribution in [0.2, 0.25) is 0 Å². The van der Waals surface area contributed by atoms with Crippen molar-refractivity contribution in [2.75, 3.05) is 18.9 Å². The summed E-state index contributed by atoms with van der Waals surface area (Å²) in [4.78, 5) is 22.6. The average Bonchev–Trinajstić information content (AvgIpc) is 2.83. The van der Waals surface area contributed by atoms with Gasteiger partial charge in [-0.1, -0.05) is 0 Å². The van der Waals surface area contributed by atoms with Crippen molar-refractivity contribution < 1.29 is 14.3 Å². The molecule has 1 aliphatic heterocycles. The molecule has 2 rings (SSSR count). The molecule has 1 aromatic carbocycles. The summed E-state index contributed by atoms with van der Waals surface area (Å²) in [7, 11) is 0. The van der Waals surface area contributed by atoms with Gasteiger partial charge in [-0.25, -0.2) is 0 Å². The molecule has 1 aromatic rings. The molecule has 0 spiro atoms. The fourth-order valence-corrected chi connectivity index (χ4v) is 1.84. The monoisotopic (exact) mass is 263 g/mol. The highest BCUT2D eigenvalue weighted by Gasteiger charge is 2.26.